The monoisotopic (exact) mass is 299 g/mol. The molecule has 0 bridgehead atoms. The molecule has 0 unspecified atom stereocenters. The van der Waals surface area contributed by atoms with E-state index < -0.39 is 10.9 Å². The molecule has 2 aromatic rings. The number of aromatic carboxylic acids is 1. The van der Waals surface area contributed by atoms with Crippen LogP contribution in [0.2, 0.25) is 5.02 Å². The molecule has 6 nitrogen and oxygen atoms in total. The summed E-state index contributed by atoms with van der Waals surface area (Å²) in [7, 11) is 0. The number of carbonyl (C=O) groups is 1. The summed E-state index contributed by atoms with van der Waals surface area (Å²) in [5.74, 6) is -0.959. The fourth-order valence-electron chi connectivity index (χ4n) is 1.28. The molecule has 0 amide bonds. The third-order valence-corrected chi connectivity index (χ3v) is 3.39. The quantitative estimate of drug-likeness (QED) is 0.685. The Bertz CT molecular complexity index is 654. The lowest BCUT2D eigenvalue weighted by Gasteiger charge is -2.04. The SMILES string of the molecule is O=C(O)c1ccc(Oc2cc([N+](=O)[O-])ccc2Cl)s1. The van der Waals surface area contributed by atoms with E-state index in [1.54, 1.807) is 0 Å². The number of carboxylic acid groups (broad SMARTS) is 1. The first-order valence-electron chi connectivity index (χ1n) is 4.92. The summed E-state index contributed by atoms with van der Waals surface area (Å²) in [4.78, 5) is 20.9. The molecule has 0 saturated carbocycles. The number of nitro benzene ring substituents is 1. The zero-order chi connectivity index (χ0) is 14.0. The highest BCUT2D eigenvalue weighted by Crippen LogP contribution is 2.35. The maximum Gasteiger partial charge on any atom is 0.345 e. The van der Waals surface area contributed by atoms with Gasteiger partial charge in [0.15, 0.2) is 10.8 Å². The fraction of sp³-hybridized carbons (Fsp3) is 0. The molecule has 0 radical (unpaired) electrons. The van der Waals surface area contributed by atoms with E-state index in [0.29, 0.717) is 5.06 Å². The van der Waals surface area contributed by atoms with E-state index >= 15 is 0 Å². The maximum atomic E-state index is 10.7. The van der Waals surface area contributed by atoms with Crippen molar-refractivity contribution in [1.82, 2.24) is 0 Å². The second-order valence-electron chi connectivity index (χ2n) is 3.40. The second kappa shape index (κ2) is 5.25. The van der Waals surface area contributed by atoms with Crippen LogP contribution in [0.15, 0.2) is 30.3 Å². The van der Waals surface area contributed by atoms with Crippen LogP contribution in [0.1, 0.15) is 9.67 Å². The fourth-order valence-corrected chi connectivity index (χ4v) is 2.15. The lowest BCUT2D eigenvalue weighted by molar-refractivity contribution is -0.384. The first kappa shape index (κ1) is 13.3. The van der Waals surface area contributed by atoms with E-state index in [1.807, 2.05) is 0 Å². The van der Waals surface area contributed by atoms with Crippen molar-refractivity contribution in [2.75, 3.05) is 0 Å². The molecule has 19 heavy (non-hydrogen) atoms. The van der Waals surface area contributed by atoms with E-state index in [-0.39, 0.29) is 21.3 Å². The van der Waals surface area contributed by atoms with Crippen molar-refractivity contribution in [2.24, 2.45) is 0 Å². The van der Waals surface area contributed by atoms with Gasteiger partial charge in [0.1, 0.15) is 4.88 Å². The minimum absolute atomic E-state index is 0.106. The van der Waals surface area contributed by atoms with Gasteiger partial charge in [-0.05, 0) is 18.2 Å². The van der Waals surface area contributed by atoms with Gasteiger partial charge in [0.25, 0.3) is 5.69 Å². The van der Waals surface area contributed by atoms with Gasteiger partial charge >= 0.3 is 5.97 Å². The van der Waals surface area contributed by atoms with Crippen LogP contribution in [0.25, 0.3) is 0 Å². The number of hydrogen-bond acceptors (Lipinski definition) is 5. The van der Waals surface area contributed by atoms with E-state index in [9.17, 15) is 14.9 Å². The molecule has 0 aliphatic rings. The first-order valence-corrected chi connectivity index (χ1v) is 6.12. The lowest BCUT2D eigenvalue weighted by Crippen LogP contribution is -1.90. The number of halogens is 1. The van der Waals surface area contributed by atoms with E-state index in [2.05, 4.69) is 0 Å². The Balaban J connectivity index is 2.29. The number of nitro groups is 1. The number of nitrogens with zero attached hydrogens (tertiary/aromatic N) is 1. The van der Waals surface area contributed by atoms with Gasteiger partial charge in [-0.2, -0.15) is 0 Å². The summed E-state index contributed by atoms with van der Waals surface area (Å²) in [6, 6.07) is 6.63. The van der Waals surface area contributed by atoms with E-state index in [0.717, 1.165) is 11.3 Å². The number of carboxylic acids is 1. The summed E-state index contributed by atoms with van der Waals surface area (Å²) < 4.78 is 5.35. The number of rotatable bonds is 4. The van der Waals surface area contributed by atoms with E-state index in [1.165, 1.54) is 30.3 Å². The molecule has 0 aliphatic heterocycles. The minimum Gasteiger partial charge on any atom is -0.477 e. The van der Waals surface area contributed by atoms with Crippen LogP contribution in [0, 0.1) is 10.1 Å². The Morgan fingerprint density at radius 1 is 1.37 bits per heavy atom. The summed E-state index contributed by atoms with van der Waals surface area (Å²) in [6.07, 6.45) is 0. The summed E-state index contributed by atoms with van der Waals surface area (Å²) in [6.45, 7) is 0. The zero-order valence-corrected chi connectivity index (χ0v) is 10.8. The summed E-state index contributed by atoms with van der Waals surface area (Å²) in [5.41, 5.74) is -0.158. The molecule has 1 heterocycles. The van der Waals surface area contributed by atoms with Crippen LogP contribution >= 0.6 is 22.9 Å². The smallest absolute Gasteiger partial charge is 0.345 e. The first-order chi connectivity index (χ1) is 8.97. The lowest BCUT2D eigenvalue weighted by atomic mass is 10.3. The van der Waals surface area contributed by atoms with Crippen molar-refractivity contribution in [3.8, 4) is 10.8 Å². The highest BCUT2D eigenvalue weighted by atomic mass is 35.5. The standard InChI is InChI=1S/C11H6ClNO5S/c12-7-2-1-6(13(16)17)5-8(7)18-10-4-3-9(19-10)11(14)15/h1-5H,(H,14,15). The largest absolute Gasteiger partial charge is 0.477 e. The van der Waals surface area contributed by atoms with Crippen molar-refractivity contribution in [3.05, 3.63) is 50.3 Å². The van der Waals surface area contributed by atoms with E-state index in [4.69, 9.17) is 21.4 Å². The van der Waals surface area contributed by atoms with Crippen molar-refractivity contribution in [2.45, 2.75) is 0 Å². The molecule has 0 atom stereocenters. The second-order valence-corrected chi connectivity index (χ2v) is 4.85. The average molecular weight is 300 g/mol. The Kier molecular flexibility index (Phi) is 3.68. The number of non-ortho nitro benzene ring substituents is 1. The molecule has 1 N–H and O–H groups in total. The zero-order valence-electron chi connectivity index (χ0n) is 9.20. The van der Waals surface area contributed by atoms with Gasteiger partial charge in [0.2, 0.25) is 0 Å². The molecule has 1 aromatic heterocycles. The highest BCUT2D eigenvalue weighted by molar-refractivity contribution is 7.15. The number of benzene rings is 1. The van der Waals surface area contributed by atoms with Crippen LogP contribution in [-0.4, -0.2) is 16.0 Å². The van der Waals surface area contributed by atoms with Gasteiger partial charge in [-0.25, -0.2) is 4.79 Å². The highest BCUT2D eigenvalue weighted by Gasteiger charge is 2.13. The summed E-state index contributed by atoms with van der Waals surface area (Å²) >= 11 is 6.77. The Morgan fingerprint density at radius 3 is 2.68 bits per heavy atom. The van der Waals surface area contributed by atoms with Crippen LogP contribution in [-0.2, 0) is 0 Å². The molecule has 0 fully saturated rings. The van der Waals surface area contributed by atoms with Crippen LogP contribution in [0.4, 0.5) is 5.69 Å². The molecule has 1 aromatic carbocycles. The van der Waals surface area contributed by atoms with Crippen molar-refractivity contribution < 1.29 is 19.6 Å². The van der Waals surface area contributed by atoms with Gasteiger partial charge in [-0.15, -0.1) is 0 Å². The summed E-state index contributed by atoms with van der Waals surface area (Å²) in [5, 5.41) is 19.9. The predicted octanol–water partition coefficient (Wildman–Crippen LogP) is 3.80. The predicted molar refractivity (Wildman–Crippen MR) is 69.5 cm³/mol. The molecule has 98 valence electrons. The van der Waals surface area contributed by atoms with Gasteiger partial charge in [0, 0.05) is 6.07 Å². The molecular formula is C11H6ClNO5S. The third kappa shape index (κ3) is 3.01. The molecule has 2 rings (SSSR count). The number of ether oxygens (including phenoxy) is 1. The Labute approximate surface area is 116 Å². The molecule has 0 saturated heterocycles. The molecule has 0 spiro atoms. The topological polar surface area (TPSA) is 89.7 Å². The number of thiophene rings is 1. The van der Waals surface area contributed by atoms with Crippen LogP contribution in [0.3, 0.4) is 0 Å². The van der Waals surface area contributed by atoms with Gasteiger partial charge < -0.3 is 9.84 Å². The molecule has 8 heteroatoms. The molecule has 0 aliphatic carbocycles. The minimum atomic E-state index is -1.06. The average Bonchev–Trinajstić information content (AvgIpc) is 2.80. The Morgan fingerprint density at radius 2 is 2.11 bits per heavy atom. The van der Waals surface area contributed by atoms with Crippen LogP contribution < -0.4 is 4.74 Å². The Hall–Kier alpha value is -2.12. The third-order valence-electron chi connectivity index (χ3n) is 2.13. The maximum absolute atomic E-state index is 10.7. The van der Waals surface area contributed by atoms with Crippen molar-refractivity contribution in [3.63, 3.8) is 0 Å². The van der Waals surface area contributed by atoms with Crippen molar-refractivity contribution in [1.29, 1.82) is 0 Å². The normalized spacial score (nSPS) is 10.2. The van der Waals surface area contributed by atoms with Crippen LogP contribution in [0.5, 0.6) is 10.8 Å². The molecular weight excluding hydrogens is 294 g/mol. The number of hydrogen-bond donors (Lipinski definition) is 1. The van der Waals surface area contributed by atoms with Crippen molar-refractivity contribution >= 4 is 34.6 Å². The van der Waals surface area contributed by atoms with Gasteiger partial charge in [0.05, 0.1) is 16.0 Å². The van der Waals surface area contributed by atoms with Gasteiger partial charge in [-0.3, -0.25) is 10.1 Å². The van der Waals surface area contributed by atoms with Gasteiger partial charge in [-0.1, -0.05) is 22.9 Å².